The number of fused-ring (bicyclic) bond motifs is 1. The third-order valence-electron chi connectivity index (χ3n) is 3.30. The van der Waals surface area contributed by atoms with E-state index in [9.17, 15) is 0 Å². The maximum absolute atomic E-state index is 5.73. The van der Waals surface area contributed by atoms with Crippen molar-refractivity contribution in [3.8, 4) is 0 Å². The Morgan fingerprint density at radius 2 is 2.39 bits per heavy atom. The Hall–Kier alpha value is -1.59. The summed E-state index contributed by atoms with van der Waals surface area (Å²) in [5, 5.41) is 0. The Kier molecular flexibility index (Phi) is 2.93. The molecular weight excluding hydrogens is 230 g/mol. The molecule has 2 N–H and O–H groups in total. The lowest BCUT2D eigenvalue weighted by Crippen LogP contribution is -2.42. The number of oxazole rings is 1. The highest BCUT2D eigenvalue weighted by atomic mass is 16.5. The van der Waals surface area contributed by atoms with Gasteiger partial charge in [0.2, 0.25) is 5.89 Å². The lowest BCUT2D eigenvalue weighted by atomic mass is 10.2. The van der Waals surface area contributed by atoms with Gasteiger partial charge in [-0.25, -0.2) is 4.98 Å². The van der Waals surface area contributed by atoms with Crippen LogP contribution >= 0.6 is 0 Å². The van der Waals surface area contributed by atoms with Crippen LogP contribution in [0.3, 0.4) is 0 Å². The van der Waals surface area contributed by atoms with Gasteiger partial charge in [0.05, 0.1) is 19.8 Å². The van der Waals surface area contributed by atoms with Gasteiger partial charge in [-0.2, -0.15) is 0 Å². The number of anilines is 1. The zero-order valence-corrected chi connectivity index (χ0v) is 10.4. The maximum Gasteiger partial charge on any atom is 0.209 e. The minimum atomic E-state index is 0.402. The molecule has 1 unspecified atom stereocenters. The highest BCUT2D eigenvalue weighted by Crippen LogP contribution is 2.20. The molecule has 96 valence electrons. The first kappa shape index (κ1) is 11.5. The molecule has 3 rings (SSSR count). The fraction of sp³-hybridized carbons (Fsp3) is 0.462. The molecule has 2 heterocycles. The van der Waals surface area contributed by atoms with Gasteiger partial charge in [0.25, 0.3) is 0 Å². The second kappa shape index (κ2) is 4.59. The number of ether oxygens (including phenoxy) is 1. The van der Waals surface area contributed by atoms with Crippen molar-refractivity contribution < 1.29 is 9.15 Å². The van der Waals surface area contributed by atoms with Gasteiger partial charge in [-0.3, -0.25) is 4.90 Å². The summed E-state index contributed by atoms with van der Waals surface area (Å²) in [4.78, 5) is 6.79. The topological polar surface area (TPSA) is 64.5 Å². The van der Waals surface area contributed by atoms with Crippen molar-refractivity contribution in [3.05, 3.63) is 24.1 Å². The molecule has 0 aliphatic carbocycles. The van der Waals surface area contributed by atoms with Crippen molar-refractivity contribution in [2.45, 2.75) is 19.5 Å². The third kappa shape index (κ3) is 2.19. The molecule has 1 fully saturated rings. The van der Waals surface area contributed by atoms with E-state index in [0.717, 1.165) is 43.3 Å². The van der Waals surface area contributed by atoms with Gasteiger partial charge < -0.3 is 14.9 Å². The summed E-state index contributed by atoms with van der Waals surface area (Å²) in [6, 6.07) is 5.94. The largest absolute Gasteiger partial charge is 0.439 e. The molecule has 18 heavy (non-hydrogen) atoms. The minimum Gasteiger partial charge on any atom is -0.439 e. The Morgan fingerprint density at radius 1 is 1.50 bits per heavy atom. The van der Waals surface area contributed by atoms with Crippen molar-refractivity contribution in [1.82, 2.24) is 9.88 Å². The first-order valence-electron chi connectivity index (χ1n) is 6.19. The predicted molar refractivity (Wildman–Crippen MR) is 69.1 cm³/mol. The molecule has 2 aromatic rings. The molecule has 0 amide bonds. The van der Waals surface area contributed by atoms with Gasteiger partial charge in [0.1, 0.15) is 5.52 Å². The van der Waals surface area contributed by atoms with Gasteiger partial charge in [0.15, 0.2) is 5.58 Å². The van der Waals surface area contributed by atoms with Gasteiger partial charge in [-0.1, -0.05) is 0 Å². The zero-order valence-electron chi connectivity index (χ0n) is 10.4. The highest BCUT2D eigenvalue weighted by molar-refractivity contribution is 5.76. The number of nitrogens with two attached hydrogens (primary N) is 1. The number of benzene rings is 1. The van der Waals surface area contributed by atoms with E-state index in [4.69, 9.17) is 14.9 Å². The standard InChI is InChI=1S/C13H17N3O2/c1-9-8-17-5-4-16(9)7-13-15-11-3-2-10(14)6-12(11)18-13/h2-3,6,9H,4-5,7-8,14H2,1H3. The van der Waals surface area contributed by atoms with E-state index in [1.807, 2.05) is 18.2 Å². The van der Waals surface area contributed by atoms with E-state index in [1.54, 1.807) is 0 Å². The van der Waals surface area contributed by atoms with Crippen LogP contribution in [0.1, 0.15) is 12.8 Å². The van der Waals surface area contributed by atoms with Crippen LogP contribution < -0.4 is 5.73 Å². The van der Waals surface area contributed by atoms with Crippen molar-refractivity contribution in [2.24, 2.45) is 0 Å². The molecule has 1 aliphatic heterocycles. The first-order valence-corrected chi connectivity index (χ1v) is 6.19. The van der Waals surface area contributed by atoms with Gasteiger partial charge in [0, 0.05) is 24.3 Å². The summed E-state index contributed by atoms with van der Waals surface area (Å²) < 4.78 is 11.1. The number of aromatic nitrogens is 1. The van der Waals surface area contributed by atoms with Crippen molar-refractivity contribution >= 4 is 16.8 Å². The molecule has 1 saturated heterocycles. The van der Waals surface area contributed by atoms with E-state index < -0.39 is 0 Å². The number of nitrogens with zero attached hydrogens (tertiary/aromatic N) is 2. The summed E-state index contributed by atoms with van der Waals surface area (Å²) in [6.45, 7) is 5.34. The zero-order chi connectivity index (χ0) is 12.5. The summed E-state index contributed by atoms with van der Waals surface area (Å²) in [5.74, 6) is 0.740. The Bertz CT molecular complexity index is 552. The van der Waals surface area contributed by atoms with Crippen LogP contribution in [0.2, 0.25) is 0 Å². The average Bonchev–Trinajstić information content (AvgIpc) is 2.73. The predicted octanol–water partition coefficient (Wildman–Crippen LogP) is 1.63. The fourth-order valence-electron chi connectivity index (χ4n) is 2.23. The Balaban J connectivity index is 1.81. The number of hydrogen-bond donors (Lipinski definition) is 1. The van der Waals surface area contributed by atoms with Crippen LogP contribution in [0, 0.1) is 0 Å². The molecule has 0 spiro atoms. The number of morpholine rings is 1. The first-order chi connectivity index (χ1) is 8.72. The van der Waals surface area contributed by atoms with Crippen LogP contribution in [0.4, 0.5) is 5.69 Å². The van der Waals surface area contributed by atoms with Crippen LogP contribution in [-0.2, 0) is 11.3 Å². The second-order valence-corrected chi connectivity index (χ2v) is 4.73. The molecule has 1 aromatic heterocycles. The molecule has 1 aromatic carbocycles. The Labute approximate surface area is 106 Å². The maximum atomic E-state index is 5.73. The van der Waals surface area contributed by atoms with E-state index in [-0.39, 0.29) is 0 Å². The smallest absolute Gasteiger partial charge is 0.209 e. The number of rotatable bonds is 2. The van der Waals surface area contributed by atoms with E-state index in [0.29, 0.717) is 11.7 Å². The average molecular weight is 247 g/mol. The summed E-state index contributed by atoms with van der Waals surface area (Å²) in [7, 11) is 0. The summed E-state index contributed by atoms with van der Waals surface area (Å²) in [5.41, 5.74) is 8.04. The van der Waals surface area contributed by atoms with Gasteiger partial charge in [-0.05, 0) is 19.1 Å². The number of hydrogen-bond acceptors (Lipinski definition) is 5. The quantitative estimate of drug-likeness (QED) is 0.817. The summed E-state index contributed by atoms with van der Waals surface area (Å²) in [6.07, 6.45) is 0. The second-order valence-electron chi connectivity index (χ2n) is 4.73. The minimum absolute atomic E-state index is 0.402. The number of nitrogen functional groups attached to an aromatic ring is 1. The molecular formula is C13H17N3O2. The SMILES string of the molecule is CC1COCCN1Cc1nc2ccc(N)cc2o1. The molecule has 1 atom stereocenters. The van der Waals surface area contributed by atoms with Crippen LogP contribution in [-0.4, -0.2) is 35.7 Å². The summed E-state index contributed by atoms with van der Waals surface area (Å²) >= 11 is 0. The fourth-order valence-corrected chi connectivity index (χ4v) is 2.23. The molecule has 0 saturated carbocycles. The molecule has 5 heteroatoms. The molecule has 5 nitrogen and oxygen atoms in total. The highest BCUT2D eigenvalue weighted by Gasteiger charge is 2.20. The lowest BCUT2D eigenvalue weighted by molar-refractivity contribution is -0.00762. The Morgan fingerprint density at radius 3 is 3.22 bits per heavy atom. The third-order valence-corrected chi connectivity index (χ3v) is 3.30. The monoisotopic (exact) mass is 247 g/mol. The van der Waals surface area contributed by atoms with Gasteiger partial charge >= 0.3 is 0 Å². The van der Waals surface area contributed by atoms with Gasteiger partial charge in [-0.15, -0.1) is 0 Å². The van der Waals surface area contributed by atoms with E-state index in [2.05, 4.69) is 16.8 Å². The van der Waals surface area contributed by atoms with E-state index >= 15 is 0 Å². The van der Waals surface area contributed by atoms with Crippen molar-refractivity contribution in [3.63, 3.8) is 0 Å². The van der Waals surface area contributed by atoms with E-state index in [1.165, 1.54) is 0 Å². The van der Waals surface area contributed by atoms with Crippen molar-refractivity contribution in [1.29, 1.82) is 0 Å². The van der Waals surface area contributed by atoms with Crippen LogP contribution in [0.25, 0.3) is 11.1 Å². The normalized spacial score (nSPS) is 21.5. The molecule has 1 aliphatic rings. The molecule has 0 radical (unpaired) electrons. The van der Waals surface area contributed by atoms with Crippen molar-refractivity contribution in [2.75, 3.05) is 25.5 Å². The lowest BCUT2D eigenvalue weighted by Gasteiger charge is -2.31. The van der Waals surface area contributed by atoms with Crippen LogP contribution in [0.15, 0.2) is 22.6 Å². The van der Waals surface area contributed by atoms with Crippen LogP contribution in [0.5, 0.6) is 0 Å². The molecule has 0 bridgehead atoms.